The number of halogens is 1. The van der Waals surface area contributed by atoms with Gasteiger partial charge in [0.2, 0.25) is 5.91 Å². The van der Waals surface area contributed by atoms with E-state index in [1.165, 1.54) is 4.90 Å². The van der Waals surface area contributed by atoms with Crippen LogP contribution >= 0.6 is 23.4 Å². The van der Waals surface area contributed by atoms with Gasteiger partial charge in [-0.2, -0.15) is 5.26 Å². The molecule has 0 unspecified atom stereocenters. The summed E-state index contributed by atoms with van der Waals surface area (Å²) in [6.07, 6.45) is 0.305. The molecule has 0 spiro atoms. The quantitative estimate of drug-likeness (QED) is 0.663. The number of thioether (sulfide) groups is 1. The van der Waals surface area contributed by atoms with Crippen LogP contribution in [-0.2, 0) is 11.4 Å². The first-order valence-corrected chi connectivity index (χ1v) is 8.39. The van der Waals surface area contributed by atoms with Crippen molar-refractivity contribution in [2.75, 3.05) is 19.3 Å². The zero-order valence-corrected chi connectivity index (χ0v) is 14.5. The Kier molecular flexibility index (Phi) is 6.90. The second-order valence-corrected chi connectivity index (χ2v) is 6.08. The number of hydrogen-bond donors (Lipinski definition) is 0. The first kappa shape index (κ1) is 18.1. The van der Waals surface area contributed by atoms with Gasteiger partial charge in [-0.25, -0.2) is 0 Å². The number of carbonyl (C=O) groups is 1. The van der Waals surface area contributed by atoms with Gasteiger partial charge in [-0.3, -0.25) is 4.79 Å². The third-order valence-corrected chi connectivity index (χ3v) is 3.98. The van der Waals surface area contributed by atoms with Crippen molar-refractivity contribution in [3.63, 3.8) is 0 Å². The van der Waals surface area contributed by atoms with E-state index < -0.39 is 0 Å². The summed E-state index contributed by atoms with van der Waals surface area (Å²) >= 11 is 6.94. The molecule has 1 heterocycles. The second-order valence-electron chi connectivity index (χ2n) is 4.72. The van der Waals surface area contributed by atoms with Crippen molar-refractivity contribution in [3.8, 4) is 11.8 Å². The summed E-state index contributed by atoms with van der Waals surface area (Å²) in [5.41, 5.74) is 0. The Hall–Kier alpha value is -2.24. The molecule has 0 aliphatic heterocycles. The summed E-state index contributed by atoms with van der Waals surface area (Å²) in [6.45, 7) is 0.533. The molecule has 0 bridgehead atoms. The average Bonchev–Trinajstić information content (AvgIpc) is 3.05. The van der Waals surface area contributed by atoms with E-state index in [0.29, 0.717) is 34.9 Å². The molecule has 0 atom stereocenters. The molecule has 24 heavy (non-hydrogen) atoms. The van der Waals surface area contributed by atoms with E-state index in [2.05, 4.69) is 10.2 Å². The summed E-state index contributed by atoms with van der Waals surface area (Å²) in [5.74, 6) is 1.02. The molecule has 2 aromatic rings. The fraction of sp³-hybridized carbons (Fsp3) is 0.333. The Bertz CT molecular complexity index is 714. The van der Waals surface area contributed by atoms with Crippen LogP contribution in [0.15, 0.2) is 33.9 Å². The van der Waals surface area contributed by atoms with Crippen molar-refractivity contribution >= 4 is 29.3 Å². The number of benzene rings is 1. The van der Waals surface area contributed by atoms with E-state index in [1.807, 2.05) is 6.07 Å². The highest BCUT2D eigenvalue weighted by molar-refractivity contribution is 7.99. The number of nitriles is 1. The van der Waals surface area contributed by atoms with Crippen LogP contribution in [0.4, 0.5) is 0 Å². The molecule has 7 nitrogen and oxygen atoms in total. The summed E-state index contributed by atoms with van der Waals surface area (Å²) < 4.78 is 10.9. The van der Waals surface area contributed by atoms with Crippen molar-refractivity contribution < 1.29 is 13.9 Å². The lowest BCUT2D eigenvalue weighted by atomic mass is 10.3. The predicted molar refractivity (Wildman–Crippen MR) is 88.7 cm³/mol. The van der Waals surface area contributed by atoms with Crippen LogP contribution in [0.2, 0.25) is 5.02 Å². The fourth-order valence-corrected chi connectivity index (χ4v) is 2.45. The number of ether oxygens (including phenoxy) is 1. The lowest BCUT2D eigenvalue weighted by Crippen LogP contribution is -2.29. The minimum atomic E-state index is -0.104. The van der Waals surface area contributed by atoms with Gasteiger partial charge in [0.05, 0.1) is 18.2 Å². The number of amides is 1. The second kappa shape index (κ2) is 9.15. The standard InChI is InChI=1S/C15H15ClN4O3S/c1-20(8-2-7-17)14(21)10-24-15-19-18-13(23-15)9-22-12-5-3-11(16)4-6-12/h3-6H,2,8-10H2,1H3. The predicted octanol–water partition coefficient (Wildman–Crippen LogP) is 2.77. The summed E-state index contributed by atoms with van der Waals surface area (Å²) in [6, 6.07) is 8.92. The van der Waals surface area contributed by atoms with E-state index in [1.54, 1.807) is 31.3 Å². The molecule has 0 radical (unpaired) electrons. The van der Waals surface area contributed by atoms with Crippen LogP contribution in [0, 0.1) is 11.3 Å². The smallest absolute Gasteiger partial charge is 0.277 e. The lowest BCUT2D eigenvalue weighted by Gasteiger charge is -2.13. The van der Waals surface area contributed by atoms with Crippen LogP contribution in [0.1, 0.15) is 12.3 Å². The minimum Gasteiger partial charge on any atom is -0.484 e. The fourth-order valence-electron chi connectivity index (χ4n) is 1.61. The van der Waals surface area contributed by atoms with Gasteiger partial charge in [0.25, 0.3) is 11.1 Å². The highest BCUT2D eigenvalue weighted by Crippen LogP contribution is 2.19. The van der Waals surface area contributed by atoms with Crippen molar-refractivity contribution in [1.29, 1.82) is 5.26 Å². The SMILES string of the molecule is CN(CCC#N)C(=O)CSc1nnc(COc2ccc(Cl)cc2)o1. The Morgan fingerprint density at radius 2 is 2.17 bits per heavy atom. The zero-order chi connectivity index (χ0) is 17.4. The van der Waals surface area contributed by atoms with Gasteiger partial charge < -0.3 is 14.1 Å². The maximum atomic E-state index is 11.8. The van der Waals surface area contributed by atoms with Crippen molar-refractivity contribution in [3.05, 3.63) is 35.2 Å². The zero-order valence-electron chi connectivity index (χ0n) is 12.9. The minimum absolute atomic E-state index is 0.104. The van der Waals surface area contributed by atoms with Crippen LogP contribution in [0.3, 0.4) is 0 Å². The van der Waals surface area contributed by atoms with Crippen LogP contribution in [0.25, 0.3) is 0 Å². The molecule has 126 valence electrons. The summed E-state index contributed by atoms with van der Waals surface area (Å²) in [5, 5.41) is 17.2. The highest BCUT2D eigenvalue weighted by Gasteiger charge is 2.13. The molecule has 0 aliphatic carbocycles. The van der Waals surface area contributed by atoms with Crippen LogP contribution in [-0.4, -0.2) is 40.3 Å². The molecule has 0 saturated carbocycles. The number of nitrogens with zero attached hydrogens (tertiary/aromatic N) is 4. The van der Waals surface area contributed by atoms with E-state index in [4.69, 9.17) is 26.0 Å². The monoisotopic (exact) mass is 366 g/mol. The van der Waals surface area contributed by atoms with Gasteiger partial charge in [0, 0.05) is 18.6 Å². The highest BCUT2D eigenvalue weighted by atomic mass is 35.5. The third-order valence-electron chi connectivity index (χ3n) is 2.93. The van der Waals surface area contributed by atoms with Gasteiger partial charge >= 0.3 is 0 Å². The third kappa shape index (κ3) is 5.76. The molecule has 1 aromatic carbocycles. The van der Waals surface area contributed by atoms with E-state index in [9.17, 15) is 4.79 Å². The molecule has 0 N–H and O–H groups in total. The molecular formula is C15H15ClN4O3S. The maximum absolute atomic E-state index is 11.8. The first-order chi connectivity index (χ1) is 11.6. The topological polar surface area (TPSA) is 92.2 Å². The Morgan fingerprint density at radius 1 is 1.42 bits per heavy atom. The normalized spacial score (nSPS) is 10.2. The van der Waals surface area contributed by atoms with Gasteiger partial charge in [-0.05, 0) is 24.3 Å². The molecule has 0 saturated heterocycles. The number of rotatable bonds is 8. The number of hydrogen-bond acceptors (Lipinski definition) is 7. The van der Waals surface area contributed by atoms with E-state index in [-0.39, 0.29) is 18.3 Å². The maximum Gasteiger partial charge on any atom is 0.277 e. The van der Waals surface area contributed by atoms with Gasteiger partial charge in [0.15, 0.2) is 6.61 Å². The van der Waals surface area contributed by atoms with Crippen LogP contribution in [0.5, 0.6) is 5.75 Å². The molecular weight excluding hydrogens is 352 g/mol. The van der Waals surface area contributed by atoms with Crippen molar-refractivity contribution in [2.45, 2.75) is 18.3 Å². The largest absolute Gasteiger partial charge is 0.484 e. The van der Waals surface area contributed by atoms with Crippen molar-refractivity contribution in [2.24, 2.45) is 0 Å². The van der Waals surface area contributed by atoms with E-state index >= 15 is 0 Å². The molecule has 1 aromatic heterocycles. The van der Waals surface area contributed by atoms with Gasteiger partial charge in [-0.15, -0.1) is 10.2 Å². The summed E-state index contributed by atoms with van der Waals surface area (Å²) in [4.78, 5) is 13.3. The Morgan fingerprint density at radius 3 is 2.88 bits per heavy atom. The summed E-state index contributed by atoms with van der Waals surface area (Å²) in [7, 11) is 1.65. The molecule has 1 amide bonds. The Labute approximate surface area is 148 Å². The average molecular weight is 367 g/mol. The number of aromatic nitrogens is 2. The first-order valence-electron chi connectivity index (χ1n) is 7.03. The Balaban J connectivity index is 1.77. The van der Waals surface area contributed by atoms with Crippen LogP contribution < -0.4 is 4.74 Å². The molecule has 0 fully saturated rings. The molecule has 2 rings (SSSR count). The molecule has 9 heteroatoms. The van der Waals surface area contributed by atoms with E-state index in [0.717, 1.165) is 11.8 Å². The van der Waals surface area contributed by atoms with Gasteiger partial charge in [0.1, 0.15) is 5.75 Å². The lowest BCUT2D eigenvalue weighted by molar-refractivity contribution is -0.127. The van der Waals surface area contributed by atoms with Gasteiger partial charge in [-0.1, -0.05) is 23.4 Å². The number of carbonyl (C=O) groups excluding carboxylic acids is 1. The van der Waals surface area contributed by atoms with Crippen molar-refractivity contribution in [1.82, 2.24) is 15.1 Å². The molecule has 0 aliphatic rings.